The van der Waals surface area contributed by atoms with Crippen LogP contribution in [0.2, 0.25) is 5.02 Å². The van der Waals surface area contributed by atoms with Crippen LogP contribution in [0.15, 0.2) is 58.3 Å². The summed E-state index contributed by atoms with van der Waals surface area (Å²) in [4.78, 5) is 18.1. The number of para-hydroxylation sites is 1. The lowest BCUT2D eigenvalue weighted by molar-refractivity contribution is -0.233. The molecule has 0 radical (unpaired) electrons. The average Bonchev–Trinajstić information content (AvgIpc) is 3.51. The standard InChI is InChI=1S/C23H20ClF3N2O3/c1-32-20-15(4-2-5-16(20)24)21(10-11-21)12-22(31,23(25,26)27)13-28-17-6-3-7-18-14(17)8-9-19(30)29-18/h2-9,13,31H,10-12H2,1H3,(H,29,30). The molecule has 4 rings (SSSR count). The number of alkyl halides is 3. The van der Waals surface area contributed by atoms with Crippen molar-refractivity contribution in [2.75, 3.05) is 7.11 Å². The predicted octanol–water partition coefficient (Wildman–Crippen LogP) is 5.31. The number of nitrogens with one attached hydrogen (secondary N) is 1. The first-order valence-electron chi connectivity index (χ1n) is 9.88. The third-order valence-corrected chi connectivity index (χ3v) is 6.15. The van der Waals surface area contributed by atoms with Crippen LogP contribution >= 0.6 is 11.6 Å². The number of pyridine rings is 1. The molecule has 1 aliphatic carbocycles. The van der Waals surface area contributed by atoms with Crippen LogP contribution < -0.4 is 10.3 Å². The molecule has 2 N–H and O–H groups in total. The summed E-state index contributed by atoms with van der Waals surface area (Å²) in [6, 6.07) is 12.4. The van der Waals surface area contributed by atoms with Crippen LogP contribution in [0.25, 0.3) is 10.9 Å². The van der Waals surface area contributed by atoms with E-state index in [4.69, 9.17) is 16.3 Å². The summed E-state index contributed by atoms with van der Waals surface area (Å²) in [6.07, 6.45) is -4.14. The number of benzene rings is 2. The fraction of sp³-hybridized carbons (Fsp3) is 0.304. The number of ether oxygens (including phenoxy) is 1. The van der Waals surface area contributed by atoms with Gasteiger partial charge >= 0.3 is 6.18 Å². The number of rotatable bonds is 6. The zero-order chi connectivity index (χ0) is 23.1. The molecule has 1 unspecified atom stereocenters. The monoisotopic (exact) mass is 464 g/mol. The van der Waals surface area contributed by atoms with Gasteiger partial charge in [0.05, 0.1) is 23.3 Å². The van der Waals surface area contributed by atoms with Crippen molar-refractivity contribution < 1.29 is 23.0 Å². The summed E-state index contributed by atoms with van der Waals surface area (Å²) in [6.45, 7) is 0. The molecule has 0 aliphatic heterocycles. The molecule has 1 aliphatic rings. The topological polar surface area (TPSA) is 74.7 Å². The van der Waals surface area contributed by atoms with Crippen LogP contribution in [0.3, 0.4) is 0 Å². The van der Waals surface area contributed by atoms with Gasteiger partial charge in [0.2, 0.25) is 5.56 Å². The second-order valence-corrected chi connectivity index (χ2v) is 8.43. The van der Waals surface area contributed by atoms with E-state index in [0.717, 1.165) is 0 Å². The third kappa shape index (κ3) is 4.00. The molecule has 0 amide bonds. The SMILES string of the molecule is COc1c(Cl)cccc1C1(CC(O)(C=Nc2cccc3[nH]c(=O)ccc23)C(F)(F)F)CC1. The first-order valence-corrected chi connectivity index (χ1v) is 10.3. The van der Waals surface area contributed by atoms with Gasteiger partial charge in [0, 0.05) is 35.1 Å². The number of aromatic nitrogens is 1. The summed E-state index contributed by atoms with van der Waals surface area (Å²) in [5.74, 6) is 0.311. The normalized spacial score (nSPS) is 17.4. The van der Waals surface area contributed by atoms with E-state index in [-0.39, 0.29) is 11.2 Å². The summed E-state index contributed by atoms with van der Waals surface area (Å²) >= 11 is 6.17. The molecule has 9 heteroatoms. The van der Waals surface area contributed by atoms with E-state index in [1.165, 1.54) is 25.3 Å². The lowest BCUT2D eigenvalue weighted by Gasteiger charge is -2.31. The highest BCUT2D eigenvalue weighted by Gasteiger charge is 2.60. The second kappa shape index (κ2) is 7.94. The Morgan fingerprint density at radius 2 is 1.91 bits per heavy atom. The maximum atomic E-state index is 14.1. The van der Waals surface area contributed by atoms with Crippen LogP contribution in [0.1, 0.15) is 24.8 Å². The van der Waals surface area contributed by atoms with Crippen molar-refractivity contribution in [1.82, 2.24) is 4.98 Å². The molecule has 3 aromatic rings. The number of hydrogen-bond acceptors (Lipinski definition) is 4. The van der Waals surface area contributed by atoms with Gasteiger partial charge in [-0.15, -0.1) is 0 Å². The van der Waals surface area contributed by atoms with Crippen molar-refractivity contribution in [1.29, 1.82) is 0 Å². The van der Waals surface area contributed by atoms with Gasteiger partial charge in [0.15, 0.2) is 5.60 Å². The first-order chi connectivity index (χ1) is 15.1. The van der Waals surface area contributed by atoms with E-state index in [2.05, 4.69) is 9.98 Å². The number of halogens is 4. The molecule has 1 saturated carbocycles. The zero-order valence-electron chi connectivity index (χ0n) is 17.0. The lowest BCUT2D eigenvalue weighted by Crippen LogP contribution is -2.49. The van der Waals surface area contributed by atoms with Crippen LogP contribution in [0, 0.1) is 0 Å². The van der Waals surface area contributed by atoms with Gasteiger partial charge in [-0.05, 0) is 37.1 Å². The van der Waals surface area contributed by atoms with Crippen LogP contribution in [-0.4, -0.2) is 35.2 Å². The Bertz CT molecular complexity index is 1250. The molecule has 1 heterocycles. The highest BCUT2D eigenvalue weighted by Crippen LogP contribution is 2.58. The van der Waals surface area contributed by atoms with Gasteiger partial charge in [-0.2, -0.15) is 13.2 Å². The van der Waals surface area contributed by atoms with Crippen molar-refractivity contribution >= 4 is 34.4 Å². The number of aromatic amines is 1. The maximum absolute atomic E-state index is 14.1. The molecule has 0 saturated heterocycles. The number of aliphatic hydroxyl groups is 1. The number of hydrogen-bond donors (Lipinski definition) is 2. The minimum atomic E-state index is -4.96. The smallest absolute Gasteiger partial charge is 0.422 e. The van der Waals surface area contributed by atoms with Gasteiger partial charge in [0.1, 0.15) is 5.75 Å². The Labute approximate surface area is 186 Å². The molecule has 1 aromatic heterocycles. The number of methoxy groups -OCH3 is 1. The molecule has 168 valence electrons. The fourth-order valence-corrected chi connectivity index (χ4v) is 4.27. The number of H-pyrrole nitrogens is 1. The zero-order valence-corrected chi connectivity index (χ0v) is 17.8. The van der Waals surface area contributed by atoms with Crippen LogP contribution in [-0.2, 0) is 5.41 Å². The molecular weight excluding hydrogens is 445 g/mol. The van der Waals surface area contributed by atoms with Crippen molar-refractivity contribution in [3.8, 4) is 5.75 Å². The predicted molar refractivity (Wildman–Crippen MR) is 117 cm³/mol. The fourth-order valence-electron chi connectivity index (χ4n) is 4.02. The minimum Gasteiger partial charge on any atom is -0.495 e. The Morgan fingerprint density at radius 1 is 1.19 bits per heavy atom. The van der Waals surface area contributed by atoms with E-state index in [1.807, 2.05) is 0 Å². The van der Waals surface area contributed by atoms with E-state index < -0.39 is 23.6 Å². The average molecular weight is 465 g/mol. The molecule has 32 heavy (non-hydrogen) atoms. The van der Waals surface area contributed by atoms with Crippen molar-refractivity contribution in [3.63, 3.8) is 0 Å². The minimum absolute atomic E-state index is 0.201. The van der Waals surface area contributed by atoms with Crippen LogP contribution in [0.5, 0.6) is 5.75 Å². The molecular formula is C23H20ClF3N2O3. The van der Waals surface area contributed by atoms with Gasteiger partial charge in [-0.25, -0.2) is 0 Å². The van der Waals surface area contributed by atoms with Gasteiger partial charge in [0.25, 0.3) is 0 Å². The van der Waals surface area contributed by atoms with E-state index in [9.17, 15) is 23.1 Å². The lowest BCUT2D eigenvalue weighted by atomic mass is 9.82. The Balaban J connectivity index is 1.74. The third-order valence-electron chi connectivity index (χ3n) is 5.85. The molecule has 5 nitrogen and oxygen atoms in total. The number of aliphatic imine (C=N–C) groups is 1. The maximum Gasteiger partial charge on any atom is 0.422 e. The van der Waals surface area contributed by atoms with Crippen LogP contribution in [0.4, 0.5) is 18.9 Å². The quantitative estimate of drug-likeness (QED) is 0.486. The molecule has 0 spiro atoms. The van der Waals surface area contributed by atoms with Gasteiger partial charge in [-0.3, -0.25) is 9.79 Å². The first kappa shape index (κ1) is 22.4. The largest absolute Gasteiger partial charge is 0.495 e. The van der Waals surface area contributed by atoms with Crippen molar-refractivity contribution in [2.24, 2.45) is 4.99 Å². The van der Waals surface area contributed by atoms with E-state index in [1.54, 1.807) is 30.3 Å². The van der Waals surface area contributed by atoms with E-state index in [0.29, 0.717) is 46.3 Å². The summed E-state index contributed by atoms with van der Waals surface area (Å²) in [5.41, 5.74) is -3.28. The molecule has 1 atom stereocenters. The van der Waals surface area contributed by atoms with Crippen molar-refractivity contribution in [3.05, 3.63) is 69.5 Å². The number of fused-ring (bicyclic) bond motifs is 1. The summed E-state index contributed by atoms with van der Waals surface area (Å²) in [5, 5.41) is 11.5. The summed E-state index contributed by atoms with van der Waals surface area (Å²) in [7, 11) is 1.41. The number of nitrogens with zero attached hydrogens (tertiary/aromatic N) is 1. The summed E-state index contributed by atoms with van der Waals surface area (Å²) < 4.78 is 47.5. The Hall–Kier alpha value is -2.84. The van der Waals surface area contributed by atoms with E-state index >= 15 is 0 Å². The molecule has 1 fully saturated rings. The highest BCUT2D eigenvalue weighted by molar-refractivity contribution is 6.32. The second-order valence-electron chi connectivity index (χ2n) is 8.02. The van der Waals surface area contributed by atoms with Gasteiger partial charge in [-0.1, -0.05) is 29.8 Å². The Kier molecular flexibility index (Phi) is 5.55. The molecule has 2 aromatic carbocycles. The Morgan fingerprint density at radius 3 is 2.56 bits per heavy atom. The highest BCUT2D eigenvalue weighted by atomic mass is 35.5. The van der Waals surface area contributed by atoms with Gasteiger partial charge < -0.3 is 14.8 Å². The molecule has 0 bridgehead atoms. The van der Waals surface area contributed by atoms with Crippen molar-refractivity contribution in [2.45, 2.75) is 36.5 Å².